The third-order valence-corrected chi connectivity index (χ3v) is 1.78. The van der Waals surface area contributed by atoms with Gasteiger partial charge in [0.1, 0.15) is 16.7 Å². The van der Waals surface area contributed by atoms with Gasteiger partial charge in [-0.2, -0.15) is 0 Å². The molecule has 1 aromatic rings. The summed E-state index contributed by atoms with van der Waals surface area (Å²) in [4.78, 5) is 11.0. The zero-order valence-corrected chi connectivity index (χ0v) is 5.91. The van der Waals surface area contributed by atoms with Crippen LogP contribution in [0.15, 0.2) is 17.5 Å². The van der Waals surface area contributed by atoms with Crippen LogP contribution in [0.5, 0.6) is 0 Å². The molecule has 4 heteroatoms. The van der Waals surface area contributed by atoms with E-state index in [0.717, 1.165) is 0 Å². The Morgan fingerprint density at radius 1 is 1.78 bits per heavy atom. The summed E-state index contributed by atoms with van der Waals surface area (Å²) in [5, 5.41) is 1.78. The van der Waals surface area contributed by atoms with Crippen LogP contribution in [0, 0.1) is 0 Å². The van der Waals surface area contributed by atoms with E-state index in [9.17, 15) is 4.79 Å². The van der Waals surface area contributed by atoms with E-state index in [4.69, 9.17) is 11.9 Å². The molecule has 0 radical (unpaired) electrons. The van der Waals surface area contributed by atoms with Crippen molar-refractivity contribution >= 4 is 29.2 Å². The molecule has 2 nitrogen and oxygen atoms in total. The number of hydrogen-bond acceptors (Lipinski definition) is 3. The average molecular weight is 163 g/mol. The van der Waals surface area contributed by atoms with Gasteiger partial charge in [-0.3, -0.25) is 0 Å². The number of carbonyl (C=O) groups excluding carboxylic acids is 1. The van der Waals surface area contributed by atoms with Gasteiger partial charge in [0.2, 0.25) is 0 Å². The summed E-state index contributed by atoms with van der Waals surface area (Å²) >= 11 is 6.10. The predicted molar refractivity (Wildman–Crippen MR) is 35.6 cm³/mol. The lowest BCUT2D eigenvalue weighted by molar-refractivity contribution is 0.0756. The first-order valence-corrected chi connectivity index (χ1v) is 3.40. The van der Waals surface area contributed by atoms with Crippen LogP contribution in [-0.4, -0.2) is 5.97 Å². The lowest BCUT2D eigenvalue weighted by Gasteiger charge is -1.85. The molecule has 0 saturated carbocycles. The molecular weight excluding hydrogens is 160 g/mol. The van der Waals surface area contributed by atoms with E-state index in [0.29, 0.717) is 4.88 Å². The van der Waals surface area contributed by atoms with E-state index in [-0.39, 0.29) is 0 Å². The van der Waals surface area contributed by atoms with Crippen molar-refractivity contribution in [1.82, 2.24) is 0 Å². The van der Waals surface area contributed by atoms with Crippen molar-refractivity contribution in [2.24, 2.45) is 0 Å². The summed E-state index contributed by atoms with van der Waals surface area (Å²) in [5.74, 6) is -0.494. The molecule has 0 N–H and O–H groups in total. The Kier molecular flexibility index (Phi) is 2.08. The van der Waals surface area contributed by atoms with E-state index in [1.807, 2.05) is 0 Å². The van der Waals surface area contributed by atoms with Crippen LogP contribution in [0.1, 0.15) is 9.67 Å². The maximum absolute atomic E-state index is 10.5. The van der Waals surface area contributed by atoms with Crippen molar-refractivity contribution in [2.75, 3.05) is 0 Å². The van der Waals surface area contributed by atoms with Crippen LogP contribution >= 0.6 is 23.2 Å². The van der Waals surface area contributed by atoms with E-state index in [1.165, 1.54) is 11.3 Å². The minimum atomic E-state index is -0.494. The van der Waals surface area contributed by atoms with Crippen LogP contribution in [-0.2, 0) is 4.29 Å². The molecule has 0 saturated heterocycles. The zero-order valence-electron chi connectivity index (χ0n) is 4.33. The van der Waals surface area contributed by atoms with Gasteiger partial charge in [0.15, 0.2) is 0 Å². The lowest BCUT2D eigenvalue weighted by atomic mass is 10.5. The SMILES string of the molecule is O=C(OCl)c1cccs1. The highest BCUT2D eigenvalue weighted by Crippen LogP contribution is 2.10. The Morgan fingerprint density at radius 2 is 2.56 bits per heavy atom. The van der Waals surface area contributed by atoms with Gasteiger partial charge in [0.25, 0.3) is 0 Å². The summed E-state index contributed by atoms with van der Waals surface area (Å²) in [6.45, 7) is 0. The minimum absolute atomic E-state index is 0.494. The van der Waals surface area contributed by atoms with E-state index < -0.39 is 5.97 Å². The Bertz CT molecular complexity index is 195. The summed E-state index contributed by atoms with van der Waals surface area (Å²) < 4.78 is 3.94. The molecule has 0 aliphatic rings. The van der Waals surface area contributed by atoms with Crippen LogP contribution in [0.2, 0.25) is 0 Å². The van der Waals surface area contributed by atoms with Crippen molar-refractivity contribution in [3.05, 3.63) is 22.4 Å². The summed E-state index contributed by atoms with van der Waals surface area (Å²) in [6.07, 6.45) is 0. The molecule has 0 aliphatic heterocycles. The Labute approximate surface area is 61.2 Å². The quantitative estimate of drug-likeness (QED) is 0.632. The molecule has 0 spiro atoms. The van der Waals surface area contributed by atoms with Crippen molar-refractivity contribution in [3.8, 4) is 0 Å². The molecule has 0 fully saturated rings. The Morgan fingerprint density at radius 3 is 3.00 bits per heavy atom. The number of carbonyl (C=O) groups is 1. The van der Waals surface area contributed by atoms with Crippen LogP contribution in [0.4, 0.5) is 0 Å². The van der Waals surface area contributed by atoms with Gasteiger partial charge in [-0.05, 0) is 11.4 Å². The van der Waals surface area contributed by atoms with Gasteiger partial charge in [-0.25, -0.2) is 4.79 Å². The maximum atomic E-state index is 10.5. The first-order valence-electron chi connectivity index (χ1n) is 2.21. The maximum Gasteiger partial charge on any atom is 0.366 e. The predicted octanol–water partition coefficient (Wildman–Crippen LogP) is 2.06. The average Bonchev–Trinajstić information content (AvgIpc) is 2.37. The van der Waals surface area contributed by atoms with Gasteiger partial charge in [0, 0.05) is 0 Å². The van der Waals surface area contributed by atoms with Gasteiger partial charge >= 0.3 is 5.97 Å². The second-order valence-corrected chi connectivity index (χ2v) is 2.44. The molecule has 0 aromatic carbocycles. The number of thiophene rings is 1. The fraction of sp³-hybridized carbons (Fsp3) is 0. The number of hydrogen-bond donors (Lipinski definition) is 0. The van der Waals surface area contributed by atoms with Crippen molar-refractivity contribution in [2.45, 2.75) is 0 Å². The monoisotopic (exact) mass is 162 g/mol. The molecule has 0 unspecified atom stereocenters. The lowest BCUT2D eigenvalue weighted by Crippen LogP contribution is -1.92. The molecule has 0 atom stereocenters. The minimum Gasteiger partial charge on any atom is -0.342 e. The molecule has 48 valence electrons. The Hall–Kier alpha value is -0.540. The van der Waals surface area contributed by atoms with Crippen molar-refractivity contribution in [1.29, 1.82) is 0 Å². The van der Waals surface area contributed by atoms with E-state index in [1.54, 1.807) is 17.5 Å². The van der Waals surface area contributed by atoms with Gasteiger partial charge in [0.05, 0.1) is 0 Å². The first-order chi connectivity index (χ1) is 4.34. The highest BCUT2D eigenvalue weighted by atomic mass is 35.5. The fourth-order valence-electron chi connectivity index (χ4n) is 0.433. The molecule has 1 aromatic heterocycles. The van der Waals surface area contributed by atoms with Crippen LogP contribution in [0.25, 0.3) is 0 Å². The summed E-state index contributed by atoms with van der Waals surface area (Å²) in [7, 11) is 0. The van der Waals surface area contributed by atoms with Gasteiger partial charge in [-0.15, -0.1) is 11.3 Å². The zero-order chi connectivity index (χ0) is 6.69. The molecule has 1 rings (SSSR count). The molecule has 0 aliphatic carbocycles. The molecule has 0 amide bonds. The van der Waals surface area contributed by atoms with Crippen LogP contribution in [0.3, 0.4) is 0 Å². The third kappa shape index (κ3) is 1.43. The van der Waals surface area contributed by atoms with Crippen LogP contribution < -0.4 is 0 Å². The van der Waals surface area contributed by atoms with Gasteiger partial charge in [-0.1, -0.05) is 6.07 Å². The highest BCUT2D eigenvalue weighted by molar-refractivity contribution is 7.12. The normalized spacial score (nSPS) is 9.00. The molecule has 1 heterocycles. The second kappa shape index (κ2) is 2.85. The smallest absolute Gasteiger partial charge is 0.342 e. The molecule has 0 bridgehead atoms. The van der Waals surface area contributed by atoms with Crippen molar-refractivity contribution in [3.63, 3.8) is 0 Å². The summed E-state index contributed by atoms with van der Waals surface area (Å²) in [6, 6.07) is 3.41. The van der Waals surface area contributed by atoms with E-state index in [2.05, 4.69) is 4.29 Å². The largest absolute Gasteiger partial charge is 0.366 e. The topological polar surface area (TPSA) is 26.3 Å². The Balaban J connectivity index is 2.77. The molecular formula is C5H3ClO2S. The standard InChI is InChI=1S/C5H3ClO2S/c6-8-5(7)4-2-1-3-9-4/h1-3H. The van der Waals surface area contributed by atoms with Crippen molar-refractivity contribution < 1.29 is 9.08 Å². The fourth-order valence-corrected chi connectivity index (χ4v) is 1.16. The highest BCUT2D eigenvalue weighted by Gasteiger charge is 2.04. The first kappa shape index (κ1) is 6.58. The summed E-state index contributed by atoms with van der Waals surface area (Å²) in [5.41, 5.74) is 0. The van der Waals surface area contributed by atoms with E-state index >= 15 is 0 Å². The third-order valence-electron chi connectivity index (χ3n) is 0.792. The second-order valence-electron chi connectivity index (χ2n) is 1.34. The number of halogens is 1. The van der Waals surface area contributed by atoms with Gasteiger partial charge < -0.3 is 4.29 Å². The number of rotatable bonds is 1. The molecule has 9 heavy (non-hydrogen) atoms.